The number of hydrogen-bond acceptors (Lipinski definition) is 7. The fourth-order valence-corrected chi connectivity index (χ4v) is 7.03. The standard InChI is InChI=1S/C37H50F2N4O6/c1-7-8-9-10-11-12-13-14-30(44)49-33-31-35(47)42-23-37(4,36(3,18-17-24(42)2)20-29(40-5)48-6)43(31)22-27(32(33)45)34(46)41-21-25-15-16-26(38)19-28(25)39/h15-16,19,22,24H,7-14,17-18,20-21,23H2,1-6H3,(H,41,46)/t24-,36+,37+/m0/s1. The van der Waals surface area contributed by atoms with Gasteiger partial charge >= 0.3 is 5.97 Å². The van der Waals surface area contributed by atoms with Crippen LogP contribution in [0, 0.1) is 17.0 Å². The zero-order valence-corrected chi connectivity index (χ0v) is 29.6. The average Bonchev–Trinajstić information content (AvgIpc) is 3.15. The summed E-state index contributed by atoms with van der Waals surface area (Å²) in [5.41, 5.74) is -2.89. The summed E-state index contributed by atoms with van der Waals surface area (Å²) in [5.74, 6) is -3.61. The van der Waals surface area contributed by atoms with Gasteiger partial charge in [0.15, 0.2) is 11.6 Å². The Bertz CT molecular complexity index is 1640. The van der Waals surface area contributed by atoms with Crippen LogP contribution in [0.4, 0.5) is 8.78 Å². The van der Waals surface area contributed by atoms with Crippen LogP contribution in [0.1, 0.15) is 125 Å². The van der Waals surface area contributed by atoms with E-state index in [1.807, 2.05) is 13.8 Å². The highest BCUT2D eigenvalue weighted by Crippen LogP contribution is 2.51. The first kappa shape index (κ1) is 37.7. The maximum absolute atomic E-state index is 14.4. The largest absolute Gasteiger partial charge is 0.484 e. The number of esters is 1. The van der Waals surface area contributed by atoms with Gasteiger partial charge in [0.25, 0.3) is 11.8 Å². The summed E-state index contributed by atoms with van der Waals surface area (Å²) in [6.45, 7) is 8.05. The minimum Gasteiger partial charge on any atom is -0.484 e. The molecule has 1 N–H and O–H groups in total. The van der Waals surface area contributed by atoms with E-state index in [0.29, 0.717) is 37.6 Å². The van der Waals surface area contributed by atoms with E-state index in [0.717, 1.165) is 38.2 Å². The first-order valence-corrected chi connectivity index (χ1v) is 17.3. The van der Waals surface area contributed by atoms with Crippen molar-refractivity contribution in [2.75, 3.05) is 20.7 Å². The molecule has 1 aromatic heterocycles. The molecule has 0 radical (unpaired) electrons. The number of halogens is 2. The first-order valence-electron chi connectivity index (χ1n) is 17.3. The second kappa shape index (κ2) is 16.1. The zero-order chi connectivity index (χ0) is 35.9. The van der Waals surface area contributed by atoms with Crippen molar-refractivity contribution in [2.45, 2.75) is 116 Å². The number of benzene rings is 1. The van der Waals surface area contributed by atoms with Crippen LogP contribution in [0.5, 0.6) is 5.75 Å². The Morgan fingerprint density at radius 3 is 2.43 bits per heavy atom. The van der Waals surface area contributed by atoms with Gasteiger partial charge in [-0.15, -0.1) is 0 Å². The van der Waals surface area contributed by atoms with Crippen LogP contribution in [0.2, 0.25) is 0 Å². The summed E-state index contributed by atoms with van der Waals surface area (Å²) in [4.78, 5) is 61.3. The maximum Gasteiger partial charge on any atom is 0.311 e. The van der Waals surface area contributed by atoms with Gasteiger partial charge in [0.05, 0.1) is 12.6 Å². The predicted molar refractivity (Wildman–Crippen MR) is 183 cm³/mol. The van der Waals surface area contributed by atoms with E-state index < -0.39 is 51.6 Å². The molecule has 12 heteroatoms. The molecule has 1 aromatic carbocycles. The van der Waals surface area contributed by atoms with E-state index in [1.165, 1.54) is 18.7 Å². The molecule has 268 valence electrons. The van der Waals surface area contributed by atoms with Gasteiger partial charge in [-0.3, -0.25) is 24.2 Å². The summed E-state index contributed by atoms with van der Waals surface area (Å²) in [6.07, 6.45) is 9.96. The summed E-state index contributed by atoms with van der Waals surface area (Å²) in [5, 5.41) is 2.55. The lowest BCUT2D eigenvalue weighted by Gasteiger charge is -2.52. The SMILES string of the molecule is CCCCCCCCCC(=O)Oc1c2n(cc(C(=O)NCc3ccc(F)cc3F)c1=O)[C@]1(C)CN(C2=O)[C@@H](C)CC[C@]1(C)CC(=NC)OC. The van der Waals surface area contributed by atoms with E-state index in [-0.39, 0.29) is 42.4 Å². The molecule has 0 saturated carbocycles. The van der Waals surface area contributed by atoms with Crippen LogP contribution in [0.3, 0.4) is 0 Å². The normalized spacial score (nSPS) is 22.0. The van der Waals surface area contributed by atoms with Gasteiger partial charge in [-0.25, -0.2) is 8.78 Å². The summed E-state index contributed by atoms with van der Waals surface area (Å²) in [6, 6.07) is 2.79. The third kappa shape index (κ3) is 8.05. The number of rotatable bonds is 14. The van der Waals surface area contributed by atoms with Crippen molar-refractivity contribution in [3.05, 3.63) is 63.1 Å². The van der Waals surface area contributed by atoms with Crippen molar-refractivity contribution in [3.8, 4) is 5.75 Å². The summed E-state index contributed by atoms with van der Waals surface area (Å²) in [7, 11) is 3.19. The van der Waals surface area contributed by atoms with Crippen molar-refractivity contribution >= 4 is 23.7 Å². The molecule has 2 aliphatic rings. The van der Waals surface area contributed by atoms with Crippen molar-refractivity contribution in [2.24, 2.45) is 10.4 Å². The van der Waals surface area contributed by atoms with Crippen LogP contribution in [-0.2, 0) is 21.6 Å². The Kier molecular flexibility index (Phi) is 12.4. The molecule has 1 fully saturated rings. The molecule has 2 bridgehead atoms. The summed E-state index contributed by atoms with van der Waals surface area (Å²) >= 11 is 0. The molecule has 2 amide bonds. The summed E-state index contributed by atoms with van der Waals surface area (Å²) < 4.78 is 40.8. The van der Waals surface area contributed by atoms with Crippen molar-refractivity contribution in [3.63, 3.8) is 0 Å². The number of amides is 2. The number of aromatic nitrogens is 1. The Balaban J connectivity index is 1.79. The number of nitrogens with zero attached hydrogens (tertiary/aromatic N) is 3. The zero-order valence-electron chi connectivity index (χ0n) is 29.6. The molecule has 3 atom stereocenters. The quantitative estimate of drug-likeness (QED) is 0.105. The monoisotopic (exact) mass is 684 g/mol. The lowest BCUT2D eigenvalue weighted by molar-refractivity contribution is -0.134. The molecule has 4 rings (SSSR count). The minimum absolute atomic E-state index is 0.0169. The molecule has 1 saturated heterocycles. The Morgan fingerprint density at radius 1 is 1.08 bits per heavy atom. The van der Waals surface area contributed by atoms with Gasteiger partial charge in [0, 0.05) is 62.3 Å². The molecule has 0 spiro atoms. The molecule has 10 nitrogen and oxygen atoms in total. The van der Waals surface area contributed by atoms with Gasteiger partial charge in [-0.1, -0.05) is 58.4 Å². The Morgan fingerprint density at radius 2 is 1.78 bits per heavy atom. The predicted octanol–water partition coefficient (Wildman–Crippen LogP) is 6.53. The Labute approximate surface area is 287 Å². The Hall–Kier alpha value is -4.09. The molecule has 2 aliphatic heterocycles. The van der Waals surface area contributed by atoms with Gasteiger partial charge in [-0.2, -0.15) is 0 Å². The highest BCUT2D eigenvalue weighted by atomic mass is 19.1. The lowest BCUT2D eigenvalue weighted by Crippen LogP contribution is -2.60. The fourth-order valence-electron chi connectivity index (χ4n) is 7.03. The second-order valence-electron chi connectivity index (χ2n) is 13.8. The van der Waals surface area contributed by atoms with Gasteiger partial charge in [0.1, 0.15) is 17.2 Å². The molecule has 2 aromatic rings. The number of fused-ring (bicyclic) bond motifs is 4. The van der Waals surface area contributed by atoms with E-state index >= 15 is 0 Å². The molecular weight excluding hydrogens is 634 g/mol. The number of ether oxygens (including phenoxy) is 2. The van der Waals surface area contributed by atoms with E-state index in [4.69, 9.17) is 9.47 Å². The highest BCUT2D eigenvalue weighted by molar-refractivity contribution is 6.00. The van der Waals surface area contributed by atoms with Gasteiger partial charge < -0.3 is 24.3 Å². The number of carbonyl (C=O) groups is 3. The second-order valence-corrected chi connectivity index (χ2v) is 13.8. The molecular formula is C37H50F2N4O6. The molecule has 49 heavy (non-hydrogen) atoms. The van der Waals surface area contributed by atoms with Gasteiger partial charge in [-0.05, 0) is 39.2 Å². The van der Waals surface area contributed by atoms with E-state index in [1.54, 1.807) is 23.6 Å². The van der Waals surface area contributed by atoms with Crippen molar-refractivity contribution < 1.29 is 32.6 Å². The van der Waals surface area contributed by atoms with Crippen molar-refractivity contribution in [1.29, 1.82) is 0 Å². The molecule has 3 heterocycles. The number of nitrogens with one attached hydrogen (secondary N) is 1. The average molecular weight is 685 g/mol. The van der Waals surface area contributed by atoms with Crippen LogP contribution in [-0.4, -0.2) is 59.9 Å². The third-order valence-electron chi connectivity index (χ3n) is 10.5. The number of pyridine rings is 1. The third-order valence-corrected chi connectivity index (χ3v) is 10.5. The molecule has 0 aliphatic carbocycles. The molecule has 0 unspecified atom stereocenters. The highest BCUT2D eigenvalue weighted by Gasteiger charge is 2.55. The van der Waals surface area contributed by atoms with E-state index in [9.17, 15) is 28.0 Å². The lowest BCUT2D eigenvalue weighted by atomic mass is 9.66. The van der Waals surface area contributed by atoms with Crippen molar-refractivity contribution in [1.82, 2.24) is 14.8 Å². The fraction of sp³-hybridized carbons (Fsp3) is 0.595. The maximum atomic E-state index is 14.4. The number of unbranched alkanes of at least 4 members (excludes halogenated alkanes) is 6. The van der Waals surface area contributed by atoms with Gasteiger partial charge in [0.2, 0.25) is 11.2 Å². The topological polar surface area (TPSA) is 119 Å². The van der Waals surface area contributed by atoms with Crippen LogP contribution >= 0.6 is 0 Å². The number of carbonyl (C=O) groups excluding carboxylic acids is 3. The number of hydrogen-bond donors (Lipinski definition) is 1. The first-order chi connectivity index (χ1) is 23.3. The number of methoxy groups -OCH3 is 1. The van der Waals surface area contributed by atoms with E-state index in [2.05, 4.69) is 24.2 Å². The van der Waals surface area contributed by atoms with Crippen LogP contribution in [0.25, 0.3) is 0 Å². The van der Waals surface area contributed by atoms with Crippen LogP contribution < -0.4 is 15.5 Å². The smallest absolute Gasteiger partial charge is 0.311 e. The number of aliphatic imine (C=N–C) groups is 1. The minimum atomic E-state index is -0.921. The van der Waals surface area contributed by atoms with Crippen LogP contribution in [0.15, 0.2) is 34.2 Å².